The monoisotopic (exact) mass is 555 g/mol. The number of aromatic nitrogens is 1. The normalized spacial score (nSPS) is 16.2. The summed E-state index contributed by atoms with van der Waals surface area (Å²) >= 11 is 1.61. The van der Waals surface area contributed by atoms with Crippen LogP contribution in [0.3, 0.4) is 0 Å². The van der Waals surface area contributed by atoms with Gasteiger partial charge in [-0.1, -0.05) is 36.4 Å². The van der Waals surface area contributed by atoms with Gasteiger partial charge in [-0.25, -0.2) is 13.8 Å². The van der Waals surface area contributed by atoms with Crippen LogP contribution in [-0.2, 0) is 6.54 Å². The molecule has 0 bridgehead atoms. The molecule has 1 saturated heterocycles. The molecule has 1 unspecified atom stereocenters. The van der Waals surface area contributed by atoms with Crippen LogP contribution in [0.25, 0.3) is 10.6 Å². The maximum atomic E-state index is 14.0. The Kier molecular flexibility index (Phi) is 8.19. The summed E-state index contributed by atoms with van der Waals surface area (Å²) in [6.07, 6.45) is 0.767. The smallest absolute Gasteiger partial charge is 0.191 e. The van der Waals surface area contributed by atoms with E-state index in [-0.39, 0.29) is 35.7 Å². The molecule has 1 aliphatic heterocycles. The Morgan fingerprint density at radius 3 is 2.61 bits per heavy atom. The number of benzene rings is 2. The molecule has 0 radical (unpaired) electrons. The van der Waals surface area contributed by atoms with Gasteiger partial charge >= 0.3 is 0 Å². The number of aliphatic imine (C=N–C) groups is 1. The summed E-state index contributed by atoms with van der Waals surface area (Å²) in [7, 11) is 1.70. The number of nitrogens with zero attached hydrogens (tertiary/aromatic N) is 3. The summed E-state index contributed by atoms with van der Waals surface area (Å²) in [6, 6.07) is 14.1. The first-order valence-corrected chi connectivity index (χ1v) is 10.7. The molecule has 2 heterocycles. The third-order valence-corrected chi connectivity index (χ3v) is 5.96. The third kappa shape index (κ3) is 5.70. The quantitative estimate of drug-likeness (QED) is 0.274. The summed E-state index contributed by atoms with van der Waals surface area (Å²) in [4.78, 5) is 10.7. The van der Waals surface area contributed by atoms with E-state index in [1.54, 1.807) is 23.3 Å². The van der Waals surface area contributed by atoms with E-state index in [2.05, 4.69) is 20.6 Å². The predicted molar refractivity (Wildman–Crippen MR) is 133 cm³/mol. The predicted octanol–water partition coefficient (Wildman–Crippen LogP) is 4.65. The number of halogens is 3. The Labute approximate surface area is 201 Å². The molecule has 3 aromatic rings. The first-order chi connectivity index (χ1) is 14.6. The summed E-state index contributed by atoms with van der Waals surface area (Å²) in [6.45, 7) is 1.63. The molecule has 164 valence electrons. The maximum Gasteiger partial charge on any atom is 0.191 e. The van der Waals surface area contributed by atoms with Crippen LogP contribution < -0.4 is 15.5 Å². The van der Waals surface area contributed by atoms with Crippen molar-refractivity contribution in [3.63, 3.8) is 0 Å². The summed E-state index contributed by atoms with van der Waals surface area (Å²) < 4.78 is 28.1. The third-order valence-electron chi connectivity index (χ3n) is 5.02. The van der Waals surface area contributed by atoms with Crippen molar-refractivity contribution in [3.8, 4) is 10.6 Å². The molecule has 0 amide bonds. The summed E-state index contributed by atoms with van der Waals surface area (Å²) in [5.41, 5.74) is 2.08. The van der Waals surface area contributed by atoms with Crippen molar-refractivity contribution in [2.75, 3.05) is 25.0 Å². The molecule has 0 aliphatic carbocycles. The number of hydrogen-bond donors (Lipinski definition) is 2. The zero-order chi connectivity index (χ0) is 20.9. The Bertz CT molecular complexity index is 1010. The molecule has 0 saturated carbocycles. The minimum atomic E-state index is -0.532. The standard InChI is InChI=1S/C22H23F2N5S.HI/c1-25-22(26-12-17-14-30-21(27-17)15-6-3-2-4-7-15)28-16-10-11-29(13-16)20-18(23)8-5-9-19(20)24;/h2-9,14,16H,10-13H2,1H3,(H2,25,26,28);1H. The van der Waals surface area contributed by atoms with Crippen LogP contribution in [0, 0.1) is 11.6 Å². The molecule has 2 N–H and O–H groups in total. The first-order valence-electron chi connectivity index (χ1n) is 9.80. The fraction of sp³-hybridized carbons (Fsp3) is 0.273. The number of para-hydroxylation sites is 1. The van der Waals surface area contributed by atoms with Crippen molar-refractivity contribution < 1.29 is 8.78 Å². The molecule has 2 aromatic carbocycles. The van der Waals surface area contributed by atoms with Crippen LogP contribution in [-0.4, -0.2) is 37.1 Å². The molecule has 31 heavy (non-hydrogen) atoms. The SMILES string of the molecule is CN=C(NCc1csc(-c2ccccc2)n1)NC1CCN(c2c(F)cccc2F)C1.I. The second-order valence-corrected chi connectivity index (χ2v) is 7.94. The second-order valence-electron chi connectivity index (χ2n) is 7.08. The molecule has 9 heteroatoms. The largest absolute Gasteiger partial charge is 0.365 e. The highest BCUT2D eigenvalue weighted by Gasteiger charge is 2.27. The lowest BCUT2D eigenvalue weighted by Crippen LogP contribution is -2.44. The number of hydrogen-bond acceptors (Lipinski definition) is 4. The van der Waals surface area contributed by atoms with E-state index < -0.39 is 11.6 Å². The highest BCUT2D eigenvalue weighted by molar-refractivity contribution is 14.0. The van der Waals surface area contributed by atoms with Gasteiger partial charge < -0.3 is 15.5 Å². The van der Waals surface area contributed by atoms with Crippen molar-refractivity contribution in [1.29, 1.82) is 0 Å². The van der Waals surface area contributed by atoms with Gasteiger partial charge in [0.25, 0.3) is 0 Å². The zero-order valence-electron chi connectivity index (χ0n) is 17.0. The molecular weight excluding hydrogens is 531 g/mol. The summed E-state index contributed by atoms with van der Waals surface area (Å²) in [5.74, 6) is -0.420. The van der Waals surface area contributed by atoms with Crippen LogP contribution in [0.1, 0.15) is 12.1 Å². The molecule has 1 fully saturated rings. The van der Waals surface area contributed by atoms with E-state index in [0.717, 1.165) is 22.7 Å². The first kappa shape index (κ1) is 23.4. The average Bonchev–Trinajstić information content (AvgIpc) is 3.41. The molecule has 1 aromatic heterocycles. The lowest BCUT2D eigenvalue weighted by atomic mass is 10.2. The van der Waals surface area contributed by atoms with Gasteiger partial charge in [0.15, 0.2) is 5.96 Å². The Balaban J connectivity index is 0.00000272. The van der Waals surface area contributed by atoms with Crippen molar-refractivity contribution in [1.82, 2.24) is 15.6 Å². The Hall–Kier alpha value is -2.27. The molecule has 0 spiro atoms. The van der Waals surface area contributed by atoms with E-state index >= 15 is 0 Å². The summed E-state index contributed by atoms with van der Waals surface area (Å²) in [5, 5.41) is 9.62. The van der Waals surface area contributed by atoms with Gasteiger partial charge in [-0.3, -0.25) is 4.99 Å². The van der Waals surface area contributed by atoms with Gasteiger partial charge in [-0.2, -0.15) is 0 Å². The van der Waals surface area contributed by atoms with Crippen molar-refractivity contribution in [3.05, 3.63) is 71.2 Å². The highest BCUT2D eigenvalue weighted by Crippen LogP contribution is 2.27. The second kappa shape index (κ2) is 10.9. The average molecular weight is 555 g/mol. The van der Waals surface area contributed by atoms with Crippen molar-refractivity contribution in [2.45, 2.75) is 19.0 Å². The highest BCUT2D eigenvalue weighted by atomic mass is 127. The number of anilines is 1. The maximum absolute atomic E-state index is 14.0. The topological polar surface area (TPSA) is 52.6 Å². The van der Waals surface area contributed by atoms with Crippen LogP contribution in [0.15, 0.2) is 58.9 Å². The van der Waals surface area contributed by atoms with Gasteiger partial charge in [-0.15, -0.1) is 35.3 Å². The van der Waals surface area contributed by atoms with Crippen molar-refractivity contribution >= 4 is 47.0 Å². The van der Waals surface area contributed by atoms with Gasteiger partial charge in [-0.05, 0) is 18.6 Å². The fourth-order valence-electron chi connectivity index (χ4n) is 3.54. The van der Waals surface area contributed by atoms with Gasteiger partial charge in [0.2, 0.25) is 0 Å². The van der Waals surface area contributed by atoms with E-state index in [1.807, 2.05) is 35.7 Å². The van der Waals surface area contributed by atoms with E-state index in [0.29, 0.717) is 25.6 Å². The van der Waals surface area contributed by atoms with Gasteiger partial charge in [0.05, 0.1) is 12.2 Å². The zero-order valence-corrected chi connectivity index (χ0v) is 20.2. The Morgan fingerprint density at radius 2 is 1.90 bits per heavy atom. The number of guanidine groups is 1. The molecule has 1 atom stereocenters. The lowest BCUT2D eigenvalue weighted by Gasteiger charge is -2.21. The molecular formula is C22H24F2IN5S. The minimum Gasteiger partial charge on any atom is -0.365 e. The van der Waals surface area contributed by atoms with E-state index in [9.17, 15) is 8.78 Å². The number of nitrogens with one attached hydrogen (secondary N) is 2. The molecule has 4 rings (SSSR count). The number of rotatable bonds is 5. The van der Waals surface area contributed by atoms with Crippen LogP contribution in [0.2, 0.25) is 0 Å². The van der Waals surface area contributed by atoms with Crippen LogP contribution in [0.4, 0.5) is 14.5 Å². The van der Waals surface area contributed by atoms with Crippen molar-refractivity contribution in [2.24, 2.45) is 4.99 Å². The molecule has 5 nitrogen and oxygen atoms in total. The Morgan fingerprint density at radius 1 is 1.16 bits per heavy atom. The minimum absolute atomic E-state index is 0. The molecule has 1 aliphatic rings. The fourth-order valence-corrected chi connectivity index (χ4v) is 4.36. The van der Waals surface area contributed by atoms with E-state index in [4.69, 9.17) is 0 Å². The van der Waals surface area contributed by atoms with Crippen LogP contribution >= 0.6 is 35.3 Å². The van der Waals surface area contributed by atoms with E-state index in [1.165, 1.54) is 18.2 Å². The number of thiazole rings is 1. The van der Waals surface area contributed by atoms with Gasteiger partial charge in [0.1, 0.15) is 22.3 Å². The lowest BCUT2D eigenvalue weighted by molar-refractivity contribution is 0.576. The van der Waals surface area contributed by atoms with Gasteiger partial charge in [0, 0.05) is 37.1 Å². The van der Waals surface area contributed by atoms with Crippen LogP contribution in [0.5, 0.6) is 0 Å².